The van der Waals surface area contributed by atoms with Crippen molar-refractivity contribution in [2.75, 3.05) is 11.6 Å². The van der Waals surface area contributed by atoms with Crippen LogP contribution < -0.4 is 0 Å². The quantitative estimate of drug-likeness (QED) is 0.523. The maximum absolute atomic E-state index is 13.5. The second kappa shape index (κ2) is 6.90. The second-order valence-corrected chi connectivity index (χ2v) is 5.63. The number of aromatic nitrogens is 1. The minimum Gasteiger partial charge on any atom is -0.356 e. The molecule has 0 spiro atoms. The van der Waals surface area contributed by atoms with Crippen LogP contribution in [0.2, 0.25) is 5.02 Å². The molecular formula is C12H13Cl3FNS. The fourth-order valence-corrected chi connectivity index (χ4v) is 2.86. The van der Waals surface area contributed by atoms with Gasteiger partial charge in [-0.2, -0.15) is 0 Å². The van der Waals surface area contributed by atoms with Crippen LogP contribution in [-0.4, -0.2) is 16.6 Å². The molecule has 0 unspecified atom stereocenters. The number of rotatable bonds is 1. The topological polar surface area (TPSA) is 15.8 Å². The summed E-state index contributed by atoms with van der Waals surface area (Å²) in [7, 11) is 0. The second-order valence-electron chi connectivity index (χ2n) is 3.60. The van der Waals surface area contributed by atoms with E-state index in [-0.39, 0.29) is 11.2 Å². The molecule has 1 nitrogen and oxygen atoms in total. The number of nitrogens with one attached hydrogen (secondary N) is 1. The zero-order chi connectivity index (χ0) is 13.9. The number of alkyl halides is 2. The summed E-state index contributed by atoms with van der Waals surface area (Å²) in [6.07, 6.45) is 1.98. The number of H-pyrrole nitrogens is 1. The smallest absolute Gasteiger partial charge is 0.128 e. The summed E-state index contributed by atoms with van der Waals surface area (Å²) in [5.74, 6) is -0.248. The fourth-order valence-electron chi connectivity index (χ4n) is 1.81. The third kappa shape index (κ3) is 3.08. The Morgan fingerprint density at radius 2 is 1.89 bits per heavy atom. The summed E-state index contributed by atoms with van der Waals surface area (Å²) < 4.78 is 13.5. The third-order valence-electron chi connectivity index (χ3n) is 2.56. The van der Waals surface area contributed by atoms with Crippen LogP contribution in [0.5, 0.6) is 0 Å². The highest BCUT2D eigenvalue weighted by molar-refractivity contribution is 7.98. The number of fused-ring (bicyclic) bond motifs is 1. The first-order valence-corrected chi connectivity index (χ1v) is 7.77. The Hall–Kier alpha value is -0.0900. The summed E-state index contributed by atoms with van der Waals surface area (Å²) in [5, 5.41) is 1.54. The lowest BCUT2D eigenvalue weighted by Crippen LogP contribution is -1.85. The van der Waals surface area contributed by atoms with Crippen molar-refractivity contribution < 1.29 is 4.39 Å². The van der Waals surface area contributed by atoms with Crippen LogP contribution >= 0.6 is 46.6 Å². The first-order valence-electron chi connectivity index (χ1n) is 5.10. The standard InChI is InChI=1S/C11H11ClFNS.CH2Cl2/c1-5-8(13)4-7(12)10-9(5)11(15-3)6(2)14-10;2-1-3/h4,14H,1-3H3;1H2. The Labute approximate surface area is 125 Å². The van der Waals surface area contributed by atoms with Gasteiger partial charge in [0.2, 0.25) is 0 Å². The van der Waals surface area contributed by atoms with Gasteiger partial charge in [0.1, 0.15) is 5.82 Å². The molecule has 0 fully saturated rings. The highest BCUT2D eigenvalue weighted by atomic mass is 35.5. The van der Waals surface area contributed by atoms with Crippen molar-refractivity contribution >= 4 is 57.5 Å². The average Bonchev–Trinajstić information content (AvgIpc) is 2.64. The van der Waals surface area contributed by atoms with Crippen LogP contribution in [-0.2, 0) is 0 Å². The minimum absolute atomic E-state index is 0.194. The van der Waals surface area contributed by atoms with Crippen molar-refractivity contribution in [3.8, 4) is 0 Å². The van der Waals surface area contributed by atoms with Gasteiger partial charge in [-0.3, -0.25) is 0 Å². The average molecular weight is 329 g/mol. The summed E-state index contributed by atoms with van der Waals surface area (Å²) >= 11 is 17.1. The Bertz CT molecular complexity index is 554. The third-order valence-corrected chi connectivity index (χ3v) is 3.78. The van der Waals surface area contributed by atoms with Gasteiger partial charge in [0, 0.05) is 16.0 Å². The lowest BCUT2D eigenvalue weighted by atomic mass is 10.1. The number of halogens is 4. The molecule has 1 N–H and O–H groups in total. The van der Waals surface area contributed by atoms with Crippen molar-refractivity contribution in [2.45, 2.75) is 18.7 Å². The van der Waals surface area contributed by atoms with E-state index in [1.54, 1.807) is 18.7 Å². The first kappa shape index (κ1) is 16.0. The highest BCUT2D eigenvalue weighted by Crippen LogP contribution is 2.36. The van der Waals surface area contributed by atoms with Gasteiger partial charge in [-0.15, -0.1) is 35.0 Å². The van der Waals surface area contributed by atoms with Crippen molar-refractivity contribution in [2.24, 2.45) is 0 Å². The summed E-state index contributed by atoms with van der Waals surface area (Å²) in [4.78, 5) is 4.27. The van der Waals surface area contributed by atoms with Crippen LogP contribution in [0.25, 0.3) is 10.9 Å². The molecule has 1 aromatic heterocycles. The molecule has 0 amide bonds. The molecule has 2 aromatic rings. The zero-order valence-corrected chi connectivity index (χ0v) is 13.3. The molecule has 0 aliphatic heterocycles. The van der Waals surface area contributed by atoms with Crippen LogP contribution in [0.3, 0.4) is 0 Å². The van der Waals surface area contributed by atoms with E-state index in [1.807, 2.05) is 13.2 Å². The molecule has 0 radical (unpaired) electrons. The lowest BCUT2D eigenvalue weighted by molar-refractivity contribution is 0.621. The van der Waals surface area contributed by atoms with Crippen LogP contribution in [0.15, 0.2) is 11.0 Å². The molecular weight excluding hydrogens is 316 g/mol. The Morgan fingerprint density at radius 3 is 2.39 bits per heavy atom. The Balaban J connectivity index is 0.000000492. The van der Waals surface area contributed by atoms with E-state index in [1.165, 1.54) is 6.07 Å². The molecule has 6 heteroatoms. The normalized spacial score (nSPS) is 10.4. The predicted molar refractivity (Wildman–Crippen MR) is 81.1 cm³/mol. The number of aromatic amines is 1. The molecule has 0 bridgehead atoms. The first-order chi connectivity index (χ1) is 8.47. The van der Waals surface area contributed by atoms with E-state index < -0.39 is 0 Å². The monoisotopic (exact) mass is 327 g/mol. The molecule has 0 aliphatic rings. The molecule has 2 rings (SSSR count). The van der Waals surface area contributed by atoms with E-state index in [9.17, 15) is 4.39 Å². The van der Waals surface area contributed by atoms with Crippen LogP contribution in [0.4, 0.5) is 4.39 Å². The van der Waals surface area contributed by atoms with Crippen LogP contribution in [0, 0.1) is 19.7 Å². The van der Waals surface area contributed by atoms with E-state index in [0.717, 1.165) is 21.5 Å². The summed E-state index contributed by atoms with van der Waals surface area (Å²) in [6, 6.07) is 1.36. The maximum atomic E-state index is 13.5. The summed E-state index contributed by atoms with van der Waals surface area (Å²) in [6.45, 7) is 3.75. The van der Waals surface area contributed by atoms with Crippen molar-refractivity contribution in [1.82, 2.24) is 4.98 Å². The molecule has 1 aromatic carbocycles. The molecule has 0 saturated heterocycles. The van der Waals surface area contributed by atoms with Crippen molar-refractivity contribution in [3.05, 3.63) is 28.2 Å². The molecule has 0 aliphatic carbocycles. The molecule has 0 atom stereocenters. The predicted octanol–water partition coefficient (Wildman–Crippen LogP) is 5.72. The highest BCUT2D eigenvalue weighted by Gasteiger charge is 2.15. The van der Waals surface area contributed by atoms with Gasteiger partial charge >= 0.3 is 0 Å². The fraction of sp³-hybridized carbons (Fsp3) is 0.333. The minimum atomic E-state index is -0.248. The number of hydrogen-bond acceptors (Lipinski definition) is 1. The largest absolute Gasteiger partial charge is 0.356 e. The van der Waals surface area contributed by atoms with Gasteiger partial charge in [-0.1, -0.05) is 11.6 Å². The number of benzene rings is 1. The van der Waals surface area contributed by atoms with Gasteiger partial charge in [-0.25, -0.2) is 4.39 Å². The number of aryl methyl sites for hydroxylation is 2. The van der Waals surface area contributed by atoms with E-state index in [0.29, 0.717) is 10.6 Å². The van der Waals surface area contributed by atoms with Crippen molar-refractivity contribution in [1.29, 1.82) is 0 Å². The molecule has 0 saturated carbocycles. The number of thioether (sulfide) groups is 1. The van der Waals surface area contributed by atoms with Gasteiger partial charge in [-0.05, 0) is 31.7 Å². The SMILES string of the molecule is CSc1c(C)[nH]c2c(Cl)cc(F)c(C)c12.ClCCl. The van der Waals surface area contributed by atoms with Gasteiger partial charge in [0.15, 0.2) is 0 Å². The zero-order valence-electron chi connectivity index (χ0n) is 10.2. The van der Waals surface area contributed by atoms with E-state index in [4.69, 9.17) is 34.8 Å². The molecule has 100 valence electrons. The molecule has 18 heavy (non-hydrogen) atoms. The number of hydrogen-bond donors (Lipinski definition) is 1. The van der Waals surface area contributed by atoms with Gasteiger partial charge in [0.25, 0.3) is 0 Å². The summed E-state index contributed by atoms with van der Waals surface area (Å²) in [5.41, 5.74) is 2.52. The van der Waals surface area contributed by atoms with E-state index >= 15 is 0 Å². The maximum Gasteiger partial charge on any atom is 0.128 e. The Kier molecular flexibility index (Phi) is 6.12. The van der Waals surface area contributed by atoms with Gasteiger partial charge < -0.3 is 4.98 Å². The Morgan fingerprint density at radius 1 is 1.33 bits per heavy atom. The van der Waals surface area contributed by atoms with Gasteiger partial charge in [0.05, 0.1) is 15.9 Å². The van der Waals surface area contributed by atoms with Crippen LogP contribution in [0.1, 0.15) is 11.3 Å². The van der Waals surface area contributed by atoms with E-state index in [2.05, 4.69) is 4.98 Å². The molecule has 1 heterocycles. The lowest BCUT2D eigenvalue weighted by Gasteiger charge is -2.02. The van der Waals surface area contributed by atoms with Crippen molar-refractivity contribution in [3.63, 3.8) is 0 Å².